The number of carbonyl (C=O) groups is 2. The second kappa shape index (κ2) is 12.1. The van der Waals surface area contributed by atoms with E-state index in [1.54, 1.807) is 17.8 Å². The Balaban J connectivity index is 1.59. The van der Waals surface area contributed by atoms with E-state index in [0.29, 0.717) is 18.5 Å². The minimum absolute atomic E-state index is 0.101. The van der Waals surface area contributed by atoms with Crippen LogP contribution >= 0.6 is 11.8 Å². The molecule has 5 nitrogen and oxygen atoms in total. The second-order valence-corrected chi connectivity index (χ2v) is 9.46. The zero-order valence-electron chi connectivity index (χ0n) is 19.4. The van der Waals surface area contributed by atoms with E-state index in [1.807, 2.05) is 31.4 Å². The highest BCUT2D eigenvalue weighted by atomic mass is 32.2. The van der Waals surface area contributed by atoms with Crippen LogP contribution in [0.1, 0.15) is 46.8 Å². The Morgan fingerprint density at radius 1 is 1.12 bits per heavy atom. The molecule has 0 saturated heterocycles. The minimum Gasteiger partial charge on any atom is -0.353 e. The number of hydrogen-bond donors (Lipinski definition) is 2. The van der Waals surface area contributed by atoms with Crippen LogP contribution in [0.5, 0.6) is 0 Å². The van der Waals surface area contributed by atoms with Gasteiger partial charge in [-0.3, -0.25) is 14.5 Å². The number of benzene rings is 2. The monoisotopic (exact) mass is 453 g/mol. The van der Waals surface area contributed by atoms with Crippen LogP contribution in [0.25, 0.3) is 0 Å². The molecule has 0 fully saturated rings. The molecule has 0 aliphatic carbocycles. The summed E-state index contributed by atoms with van der Waals surface area (Å²) in [7, 11) is 0. The van der Waals surface area contributed by atoms with Crippen molar-refractivity contribution in [2.75, 3.05) is 25.1 Å². The summed E-state index contributed by atoms with van der Waals surface area (Å²) in [4.78, 5) is 28.2. The molecule has 32 heavy (non-hydrogen) atoms. The number of aryl methyl sites for hydroxylation is 1. The first-order valence-electron chi connectivity index (χ1n) is 11.5. The first-order chi connectivity index (χ1) is 15.5. The lowest BCUT2D eigenvalue weighted by atomic mass is 9.98. The van der Waals surface area contributed by atoms with Gasteiger partial charge in [0.2, 0.25) is 5.91 Å². The van der Waals surface area contributed by atoms with Crippen LogP contribution in [0.3, 0.4) is 0 Å². The molecule has 2 amide bonds. The topological polar surface area (TPSA) is 61.4 Å². The molecule has 1 heterocycles. The highest BCUT2D eigenvalue weighted by Crippen LogP contribution is 2.21. The van der Waals surface area contributed by atoms with Gasteiger partial charge in [0.25, 0.3) is 5.91 Å². The van der Waals surface area contributed by atoms with Crippen molar-refractivity contribution in [3.8, 4) is 0 Å². The van der Waals surface area contributed by atoms with Crippen molar-refractivity contribution in [2.45, 2.75) is 51.7 Å². The molecule has 3 rings (SSSR count). The summed E-state index contributed by atoms with van der Waals surface area (Å²) in [6, 6.07) is 15.8. The van der Waals surface area contributed by atoms with Crippen LogP contribution in [0.15, 0.2) is 48.5 Å². The van der Waals surface area contributed by atoms with Gasteiger partial charge < -0.3 is 10.6 Å². The smallest absolute Gasteiger partial charge is 0.251 e. The van der Waals surface area contributed by atoms with E-state index in [4.69, 9.17) is 0 Å². The maximum Gasteiger partial charge on any atom is 0.251 e. The van der Waals surface area contributed by atoms with Crippen LogP contribution in [0.4, 0.5) is 0 Å². The molecule has 2 atom stereocenters. The summed E-state index contributed by atoms with van der Waals surface area (Å²) >= 11 is 1.68. The fourth-order valence-corrected chi connectivity index (χ4v) is 4.71. The number of rotatable bonds is 10. The van der Waals surface area contributed by atoms with Crippen molar-refractivity contribution in [2.24, 2.45) is 0 Å². The molecule has 2 aromatic rings. The summed E-state index contributed by atoms with van der Waals surface area (Å²) in [5.74, 6) is 0.511. The van der Waals surface area contributed by atoms with Gasteiger partial charge in [-0.05, 0) is 61.5 Å². The number of hydrogen-bond acceptors (Lipinski definition) is 4. The van der Waals surface area contributed by atoms with Crippen LogP contribution in [0, 0.1) is 6.92 Å². The molecule has 172 valence electrons. The van der Waals surface area contributed by atoms with Gasteiger partial charge in [-0.1, -0.05) is 48.9 Å². The van der Waals surface area contributed by atoms with E-state index in [2.05, 4.69) is 46.7 Å². The predicted octanol–water partition coefficient (Wildman–Crippen LogP) is 3.80. The largest absolute Gasteiger partial charge is 0.353 e. The summed E-state index contributed by atoms with van der Waals surface area (Å²) in [5.41, 5.74) is 4.42. The van der Waals surface area contributed by atoms with Gasteiger partial charge >= 0.3 is 0 Å². The highest BCUT2D eigenvalue weighted by Gasteiger charge is 2.25. The molecule has 1 aliphatic heterocycles. The van der Waals surface area contributed by atoms with Crippen molar-refractivity contribution < 1.29 is 9.59 Å². The third-order valence-electron chi connectivity index (χ3n) is 6.17. The molecule has 0 spiro atoms. The third kappa shape index (κ3) is 6.59. The molecule has 0 radical (unpaired) electrons. The Labute approximate surface area is 196 Å². The SMILES string of the molecule is CCC(CNC(=O)C(CCSC)NC(=O)c1cccc(C)c1)N1CCc2ccccc2C1. The average Bonchev–Trinajstić information content (AvgIpc) is 2.81. The van der Waals surface area contributed by atoms with E-state index in [1.165, 1.54) is 11.1 Å². The van der Waals surface area contributed by atoms with Crippen molar-refractivity contribution >= 4 is 23.6 Å². The highest BCUT2D eigenvalue weighted by molar-refractivity contribution is 7.98. The Bertz CT molecular complexity index is 917. The van der Waals surface area contributed by atoms with Crippen LogP contribution in [0.2, 0.25) is 0 Å². The number of nitrogens with one attached hydrogen (secondary N) is 2. The molecule has 0 bridgehead atoms. The van der Waals surface area contributed by atoms with E-state index in [0.717, 1.165) is 37.2 Å². The molecule has 0 saturated carbocycles. The summed E-state index contributed by atoms with van der Waals surface area (Å²) in [5, 5.41) is 6.08. The van der Waals surface area contributed by atoms with Crippen LogP contribution in [-0.2, 0) is 17.8 Å². The second-order valence-electron chi connectivity index (χ2n) is 8.47. The van der Waals surface area contributed by atoms with E-state index in [-0.39, 0.29) is 17.9 Å². The van der Waals surface area contributed by atoms with Gasteiger partial charge in [0.1, 0.15) is 6.04 Å². The summed E-state index contributed by atoms with van der Waals surface area (Å²) in [6.07, 6.45) is 4.63. The Morgan fingerprint density at radius 2 is 1.91 bits per heavy atom. The molecule has 1 aliphatic rings. The lowest BCUT2D eigenvalue weighted by Crippen LogP contribution is -2.51. The first kappa shape index (κ1) is 24.3. The summed E-state index contributed by atoms with van der Waals surface area (Å²) < 4.78 is 0. The van der Waals surface area contributed by atoms with E-state index in [9.17, 15) is 9.59 Å². The fourth-order valence-electron chi connectivity index (χ4n) is 4.23. The van der Waals surface area contributed by atoms with Crippen LogP contribution < -0.4 is 10.6 Å². The van der Waals surface area contributed by atoms with Gasteiger partial charge in [-0.15, -0.1) is 0 Å². The van der Waals surface area contributed by atoms with Gasteiger partial charge in [0.15, 0.2) is 0 Å². The number of thioether (sulfide) groups is 1. The molecule has 2 unspecified atom stereocenters. The average molecular weight is 454 g/mol. The normalized spacial score (nSPS) is 15.5. The minimum atomic E-state index is -0.532. The lowest BCUT2D eigenvalue weighted by Gasteiger charge is -2.35. The number of nitrogens with zero attached hydrogens (tertiary/aromatic N) is 1. The number of amides is 2. The quantitative estimate of drug-likeness (QED) is 0.574. The van der Waals surface area contributed by atoms with Gasteiger partial charge in [-0.2, -0.15) is 11.8 Å². The zero-order valence-corrected chi connectivity index (χ0v) is 20.2. The molecule has 6 heteroatoms. The summed E-state index contributed by atoms with van der Waals surface area (Å²) in [6.45, 7) is 6.64. The lowest BCUT2D eigenvalue weighted by molar-refractivity contribution is -0.123. The fraction of sp³-hybridized carbons (Fsp3) is 0.462. The van der Waals surface area contributed by atoms with Crippen molar-refractivity contribution in [1.29, 1.82) is 0 Å². The van der Waals surface area contributed by atoms with Gasteiger partial charge in [0.05, 0.1) is 0 Å². The Morgan fingerprint density at radius 3 is 2.62 bits per heavy atom. The Hall–Kier alpha value is -2.31. The number of carbonyl (C=O) groups excluding carboxylic acids is 2. The molecule has 0 aromatic heterocycles. The van der Waals surface area contributed by atoms with Crippen molar-refractivity contribution in [3.05, 3.63) is 70.8 Å². The van der Waals surface area contributed by atoms with E-state index < -0.39 is 6.04 Å². The molecular formula is C26H35N3O2S. The maximum absolute atomic E-state index is 13.0. The van der Waals surface area contributed by atoms with Crippen molar-refractivity contribution in [3.63, 3.8) is 0 Å². The molecular weight excluding hydrogens is 418 g/mol. The Kier molecular flexibility index (Phi) is 9.18. The predicted molar refractivity (Wildman–Crippen MR) is 133 cm³/mol. The zero-order chi connectivity index (χ0) is 22.9. The van der Waals surface area contributed by atoms with Crippen molar-refractivity contribution in [1.82, 2.24) is 15.5 Å². The first-order valence-corrected chi connectivity index (χ1v) is 12.9. The maximum atomic E-state index is 13.0. The van der Waals surface area contributed by atoms with Gasteiger partial charge in [0, 0.05) is 31.2 Å². The standard InChI is InChI=1S/C26H35N3O2S/c1-4-23(29-14-12-20-9-5-6-10-22(20)18-29)17-27-26(31)24(13-15-32-3)28-25(30)21-11-7-8-19(2)16-21/h5-11,16,23-24H,4,12-15,17-18H2,1-3H3,(H,27,31)(H,28,30). The van der Waals surface area contributed by atoms with E-state index >= 15 is 0 Å². The molecule has 2 N–H and O–H groups in total. The third-order valence-corrected chi connectivity index (χ3v) is 6.82. The van der Waals surface area contributed by atoms with Crippen LogP contribution in [-0.4, -0.2) is 53.9 Å². The molecule has 2 aromatic carbocycles. The number of fused-ring (bicyclic) bond motifs is 1. The van der Waals surface area contributed by atoms with Gasteiger partial charge in [-0.25, -0.2) is 0 Å².